The molecule has 1 aliphatic heterocycles. The zero-order chi connectivity index (χ0) is 12.3. The number of carboxylic acids is 1. The third-order valence-corrected chi connectivity index (χ3v) is 4.34. The SMILES string of the molecule is CCCCc1ccc2c(c1)SCCC2C(=O)O. The molecule has 1 aromatic carbocycles. The Hall–Kier alpha value is -0.960. The summed E-state index contributed by atoms with van der Waals surface area (Å²) < 4.78 is 0. The molecule has 0 aliphatic carbocycles. The van der Waals surface area contributed by atoms with Crippen molar-refractivity contribution in [2.45, 2.75) is 43.4 Å². The smallest absolute Gasteiger partial charge is 0.311 e. The summed E-state index contributed by atoms with van der Waals surface area (Å²) in [7, 11) is 0. The average molecular weight is 250 g/mol. The number of aryl methyl sites for hydroxylation is 1. The lowest BCUT2D eigenvalue weighted by Gasteiger charge is -2.22. The number of rotatable bonds is 4. The summed E-state index contributed by atoms with van der Waals surface area (Å²) in [5.74, 6) is -0.0689. The maximum absolute atomic E-state index is 11.2. The molecule has 0 radical (unpaired) electrons. The Morgan fingerprint density at radius 3 is 3.06 bits per heavy atom. The van der Waals surface area contributed by atoms with Gasteiger partial charge < -0.3 is 5.11 Å². The molecule has 1 aliphatic rings. The third-order valence-electron chi connectivity index (χ3n) is 3.23. The highest BCUT2D eigenvalue weighted by atomic mass is 32.2. The largest absolute Gasteiger partial charge is 0.481 e. The first-order valence-corrected chi connectivity index (χ1v) is 7.19. The van der Waals surface area contributed by atoms with Crippen LogP contribution in [0, 0.1) is 0 Å². The van der Waals surface area contributed by atoms with Gasteiger partial charge in [0.2, 0.25) is 0 Å². The topological polar surface area (TPSA) is 37.3 Å². The lowest BCUT2D eigenvalue weighted by Crippen LogP contribution is -2.16. The highest BCUT2D eigenvalue weighted by Gasteiger charge is 2.26. The second-order valence-electron chi connectivity index (χ2n) is 4.50. The van der Waals surface area contributed by atoms with Gasteiger partial charge in [-0.25, -0.2) is 0 Å². The second-order valence-corrected chi connectivity index (χ2v) is 5.64. The van der Waals surface area contributed by atoms with Crippen molar-refractivity contribution >= 4 is 17.7 Å². The average Bonchev–Trinajstić information content (AvgIpc) is 2.35. The molecule has 0 bridgehead atoms. The zero-order valence-corrected chi connectivity index (χ0v) is 10.9. The van der Waals surface area contributed by atoms with Crippen LogP contribution in [0.4, 0.5) is 0 Å². The summed E-state index contributed by atoms with van der Waals surface area (Å²) in [5.41, 5.74) is 2.35. The monoisotopic (exact) mass is 250 g/mol. The van der Waals surface area contributed by atoms with Crippen LogP contribution >= 0.6 is 11.8 Å². The molecule has 1 N–H and O–H groups in total. The Morgan fingerprint density at radius 2 is 2.35 bits per heavy atom. The number of benzene rings is 1. The van der Waals surface area contributed by atoms with Gasteiger partial charge >= 0.3 is 5.97 Å². The molecular formula is C14H18O2S. The normalized spacial score (nSPS) is 18.8. The maximum atomic E-state index is 11.2. The van der Waals surface area contributed by atoms with E-state index in [0.29, 0.717) is 0 Å². The summed E-state index contributed by atoms with van der Waals surface area (Å²) in [6.07, 6.45) is 4.25. The summed E-state index contributed by atoms with van der Waals surface area (Å²) >= 11 is 1.79. The summed E-state index contributed by atoms with van der Waals surface area (Å²) in [4.78, 5) is 12.3. The predicted molar refractivity (Wildman–Crippen MR) is 70.8 cm³/mol. The number of unbranched alkanes of at least 4 members (excludes halogenated alkanes) is 1. The van der Waals surface area contributed by atoms with Gasteiger partial charge in [0.1, 0.15) is 0 Å². The van der Waals surface area contributed by atoms with E-state index in [-0.39, 0.29) is 5.92 Å². The van der Waals surface area contributed by atoms with Gasteiger partial charge in [-0.2, -0.15) is 0 Å². The summed E-state index contributed by atoms with van der Waals surface area (Å²) in [6, 6.07) is 6.30. The van der Waals surface area contributed by atoms with Crippen LogP contribution in [0.1, 0.15) is 43.2 Å². The zero-order valence-electron chi connectivity index (χ0n) is 10.1. The highest BCUT2D eigenvalue weighted by Crippen LogP contribution is 2.38. The fourth-order valence-electron chi connectivity index (χ4n) is 2.23. The molecule has 2 rings (SSSR count). The minimum atomic E-state index is -0.687. The third kappa shape index (κ3) is 2.83. The molecule has 1 unspecified atom stereocenters. The van der Waals surface area contributed by atoms with Crippen molar-refractivity contribution in [1.82, 2.24) is 0 Å². The molecule has 1 atom stereocenters. The lowest BCUT2D eigenvalue weighted by atomic mass is 9.94. The maximum Gasteiger partial charge on any atom is 0.311 e. The number of hydrogen-bond donors (Lipinski definition) is 1. The highest BCUT2D eigenvalue weighted by molar-refractivity contribution is 7.99. The van der Waals surface area contributed by atoms with Crippen molar-refractivity contribution in [3.8, 4) is 0 Å². The van der Waals surface area contributed by atoms with E-state index in [0.717, 1.165) is 24.2 Å². The van der Waals surface area contributed by atoms with Crippen LogP contribution in [0.2, 0.25) is 0 Å². The Labute approximate surface area is 106 Å². The van der Waals surface area contributed by atoms with E-state index in [1.807, 2.05) is 6.07 Å². The van der Waals surface area contributed by atoms with Crippen molar-refractivity contribution in [3.63, 3.8) is 0 Å². The van der Waals surface area contributed by atoms with Crippen LogP contribution in [-0.2, 0) is 11.2 Å². The van der Waals surface area contributed by atoms with Gasteiger partial charge in [-0.15, -0.1) is 11.8 Å². The molecule has 1 aromatic rings. The van der Waals surface area contributed by atoms with E-state index in [9.17, 15) is 9.90 Å². The van der Waals surface area contributed by atoms with Gasteiger partial charge in [0.15, 0.2) is 0 Å². The van der Waals surface area contributed by atoms with Crippen LogP contribution in [-0.4, -0.2) is 16.8 Å². The second kappa shape index (κ2) is 5.58. The molecule has 0 fully saturated rings. The van der Waals surface area contributed by atoms with Gasteiger partial charge in [-0.05, 0) is 42.2 Å². The number of fused-ring (bicyclic) bond motifs is 1. The van der Waals surface area contributed by atoms with E-state index in [4.69, 9.17) is 0 Å². The van der Waals surface area contributed by atoms with Crippen LogP contribution in [0.3, 0.4) is 0 Å². The van der Waals surface area contributed by atoms with Crippen molar-refractivity contribution in [2.24, 2.45) is 0 Å². The van der Waals surface area contributed by atoms with Crippen LogP contribution in [0.15, 0.2) is 23.1 Å². The first kappa shape index (κ1) is 12.5. The van der Waals surface area contributed by atoms with E-state index in [1.165, 1.54) is 23.3 Å². The van der Waals surface area contributed by atoms with Crippen molar-refractivity contribution in [1.29, 1.82) is 0 Å². The van der Waals surface area contributed by atoms with Gasteiger partial charge in [0.05, 0.1) is 5.92 Å². The summed E-state index contributed by atoms with van der Waals surface area (Å²) in [6.45, 7) is 2.19. The van der Waals surface area contributed by atoms with Crippen LogP contribution < -0.4 is 0 Å². The number of hydrogen-bond acceptors (Lipinski definition) is 2. The fraction of sp³-hybridized carbons (Fsp3) is 0.500. The quantitative estimate of drug-likeness (QED) is 0.885. The van der Waals surface area contributed by atoms with Gasteiger partial charge in [0.25, 0.3) is 0 Å². The summed E-state index contributed by atoms with van der Waals surface area (Å²) in [5, 5.41) is 9.19. The molecule has 0 saturated heterocycles. The molecule has 0 aromatic heterocycles. The number of carboxylic acid groups (broad SMARTS) is 1. The van der Waals surface area contributed by atoms with Crippen molar-refractivity contribution in [2.75, 3.05) is 5.75 Å². The van der Waals surface area contributed by atoms with Gasteiger partial charge in [-0.3, -0.25) is 4.79 Å². The number of aliphatic carboxylic acids is 1. The number of carbonyl (C=O) groups is 1. The molecule has 0 spiro atoms. The van der Waals surface area contributed by atoms with Crippen molar-refractivity contribution in [3.05, 3.63) is 29.3 Å². The standard InChI is InChI=1S/C14H18O2S/c1-2-3-4-10-5-6-11-12(14(15)16)7-8-17-13(11)9-10/h5-6,9,12H,2-4,7-8H2,1H3,(H,15,16). The predicted octanol–water partition coefficient (Wildman–Crippen LogP) is 3.69. The first-order chi connectivity index (χ1) is 8.22. The molecule has 0 amide bonds. The van der Waals surface area contributed by atoms with Crippen LogP contribution in [0.25, 0.3) is 0 Å². The molecule has 0 saturated carbocycles. The Morgan fingerprint density at radius 1 is 1.53 bits per heavy atom. The Bertz CT molecular complexity index is 415. The lowest BCUT2D eigenvalue weighted by molar-refractivity contribution is -0.138. The van der Waals surface area contributed by atoms with Crippen molar-refractivity contribution < 1.29 is 9.90 Å². The van der Waals surface area contributed by atoms with Gasteiger partial charge in [-0.1, -0.05) is 25.5 Å². The number of thioether (sulfide) groups is 1. The van der Waals surface area contributed by atoms with Gasteiger partial charge in [0, 0.05) is 4.90 Å². The fourth-order valence-corrected chi connectivity index (χ4v) is 3.41. The Balaban J connectivity index is 2.23. The molecule has 17 heavy (non-hydrogen) atoms. The molecule has 3 heteroatoms. The minimum Gasteiger partial charge on any atom is -0.481 e. The van der Waals surface area contributed by atoms with E-state index in [1.54, 1.807) is 11.8 Å². The Kier molecular flexibility index (Phi) is 4.11. The van der Waals surface area contributed by atoms with E-state index >= 15 is 0 Å². The first-order valence-electron chi connectivity index (χ1n) is 6.20. The molecule has 92 valence electrons. The molecular weight excluding hydrogens is 232 g/mol. The molecule has 1 heterocycles. The van der Waals surface area contributed by atoms with E-state index in [2.05, 4.69) is 19.1 Å². The minimum absolute atomic E-state index is 0.300. The van der Waals surface area contributed by atoms with Crippen LogP contribution in [0.5, 0.6) is 0 Å². The molecule has 2 nitrogen and oxygen atoms in total. The van der Waals surface area contributed by atoms with E-state index < -0.39 is 5.97 Å².